The van der Waals surface area contributed by atoms with Gasteiger partial charge in [0.15, 0.2) is 5.69 Å². The number of rotatable bonds is 8. The molecule has 0 atom stereocenters. The molecule has 18 rings (SSSR count). The third-order valence-electron chi connectivity index (χ3n) is 16.7. The summed E-state index contributed by atoms with van der Waals surface area (Å²) in [6.07, 6.45) is 16.1. The van der Waals surface area contributed by atoms with Gasteiger partial charge in [-0.25, -0.2) is 27.1 Å². The molecule has 0 unspecified atom stereocenters. The maximum atomic E-state index is 13.1. The quantitative estimate of drug-likeness (QED) is 0.0649. The van der Waals surface area contributed by atoms with Gasteiger partial charge in [-0.3, -0.25) is 25.9 Å². The fourth-order valence-electron chi connectivity index (χ4n) is 11.3. The van der Waals surface area contributed by atoms with Crippen molar-refractivity contribution in [2.75, 3.05) is 14.1 Å². The molecule has 0 amide bonds. The topological polar surface area (TPSA) is 76.5 Å². The van der Waals surface area contributed by atoms with E-state index in [4.69, 9.17) is 13.0 Å². The first-order chi connectivity index (χ1) is 54.5. The van der Waals surface area contributed by atoms with Gasteiger partial charge < -0.3 is 21.2 Å². The summed E-state index contributed by atoms with van der Waals surface area (Å²) in [6.45, 7) is 12.8. The minimum atomic E-state index is -0.484. The Morgan fingerprint density at radius 1 is 0.348 bits per heavy atom. The van der Waals surface area contributed by atoms with Crippen LogP contribution >= 0.6 is 0 Å². The number of hydrogen-bond donors (Lipinski definition) is 0. The maximum Gasteiger partial charge on any atom is 3.00 e. The molecule has 115 heavy (non-hydrogen) atoms. The summed E-state index contributed by atoms with van der Waals surface area (Å²) >= 11 is 0. The van der Waals surface area contributed by atoms with Crippen molar-refractivity contribution < 1.29 is 70.4 Å². The number of aromatic nitrogens is 5. The van der Waals surface area contributed by atoms with Crippen molar-refractivity contribution in [3.63, 3.8) is 0 Å². The molecule has 17 aromatic rings. The molecule has 4 radical (unpaired) electrons. The predicted octanol–water partition coefficient (Wildman–Crippen LogP) is 24.1. The van der Waals surface area contributed by atoms with Crippen molar-refractivity contribution in [2.24, 2.45) is 0 Å². The Balaban J connectivity index is 0.000000184. The molecular weight excluding hydrogens is 1590 g/mol. The minimum absolute atomic E-state index is 0. The molecule has 0 fully saturated rings. The summed E-state index contributed by atoms with van der Waals surface area (Å²) in [5.41, 5.74) is 21.3. The van der Waals surface area contributed by atoms with Crippen LogP contribution in [0.3, 0.4) is 0 Å². The molecule has 13 heteroatoms. The second-order valence-electron chi connectivity index (χ2n) is 24.7. The van der Waals surface area contributed by atoms with Crippen LogP contribution in [0.2, 0.25) is 0 Å². The standard InChI is InChI=1S/C17H10FN.3C17H11N.C12H8N.C9H9N.C8H5.C5H9N2.4Ni/c18-17-11-5-10-16(19-17)15-9-4-8-14(12-15)13-6-2-1-3-7-13;3*1-2-7-14(8-3-1)15-9-6-10-16(13-15)17-11-4-5-12-18-17;1-3-7-11-9(5-1)10-6-2-4-8-12(10)13-11;1-7-5-4-6-8(2)9(7)10-3;1-2-8-6-4-3-5-7-8;1-6-3-4-7(2)5-6;;;;/h1-6,8-11H;3*1-7,9-12H;1-8H;4-6H,1-2H3;3-7H;3-5H,1-2H3;;;;/q4*-2;-1;;2*-1;4*+3. The Hall–Kier alpha value is -12.7. The molecule has 568 valence electrons. The number of aryl methyl sites for hydroxylation is 2. The summed E-state index contributed by atoms with van der Waals surface area (Å²) in [4.78, 5) is 28.8. The van der Waals surface area contributed by atoms with E-state index in [1.165, 1.54) is 16.8 Å². The Kier molecular flexibility index (Phi) is 37.6. The first-order valence-electron chi connectivity index (χ1n) is 35.7. The summed E-state index contributed by atoms with van der Waals surface area (Å²) < 4.78 is 13.1. The molecule has 12 aromatic carbocycles. The summed E-state index contributed by atoms with van der Waals surface area (Å²) in [5, 5.41) is 2.50. The average Bonchev–Trinajstić information content (AvgIpc) is 1.64. The number of pyridine rings is 4. The maximum absolute atomic E-state index is 13.1. The van der Waals surface area contributed by atoms with Gasteiger partial charge in [-0.2, -0.15) is 179 Å². The normalized spacial score (nSPS) is 10.3. The number of para-hydroxylation sites is 3. The van der Waals surface area contributed by atoms with Crippen molar-refractivity contribution in [3.8, 4) is 95.5 Å². The van der Waals surface area contributed by atoms with E-state index in [2.05, 4.69) is 121 Å². The van der Waals surface area contributed by atoms with E-state index in [1.807, 2.05) is 342 Å². The van der Waals surface area contributed by atoms with Crippen molar-refractivity contribution in [3.05, 3.63) is 466 Å². The van der Waals surface area contributed by atoms with Crippen LogP contribution in [0.5, 0.6) is 0 Å². The zero-order valence-corrected chi connectivity index (χ0v) is 67.0. The number of halogens is 1. The first-order valence-corrected chi connectivity index (χ1v) is 35.7. The van der Waals surface area contributed by atoms with E-state index < -0.39 is 5.95 Å². The van der Waals surface area contributed by atoms with Crippen LogP contribution in [-0.2, 0) is 66.0 Å². The van der Waals surface area contributed by atoms with Crippen LogP contribution in [-0.4, -0.2) is 43.8 Å². The van der Waals surface area contributed by atoms with Gasteiger partial charge in [-0.1, -0.05) is 133 Å². The Bertz CT molecular complexity index is 5270. The summed E-state index contributed by atoms with van der Waals surface area (Å²) in [5.74, 6) is 1.79. The summed E-state index contributed by atoms with van der Waals surface area (Å²) in [6, 6.07) is 136. The molecule has 0 N–H and O–H groups in total. The zero-order chi connectivity index (χ0) is 77.0. The molecule has 0 saturated carbocycles. The third-order valence-corrected chi connectivity index (χ3v) is 16.7. The van der Waals surface area contributed by atoms with Crippen molar-refractivity contribution >= 4 is 27.5 Å². The van der Waals surface area contributed by atoms with E-state index in [1.54, 1.807) is 30.7 Å². The van der Waals surface area contributed by atoms with Crippen LogP contribution in [0.25, 0.3) is 116 Å². The molecule has 8 nitrogen and oxygen atoms in total. The number of nitrogens with zero attached hydrogens (tertiary/aromatic N) is 8. The fourth-order valence-corrected chi connectivity index (χ4v) is 11.3. The zero-order valence-electron chi connectivity index (χ0n) is 63.0. The smallest absolute Gasteiger partial charge is 0.657 e. The molecule has 6 heterocycles. The van der Waals surface area contributed by atoms with Crippen LogP contribution in [0.4, 0.5) is 10.1 Å². The van der Waals surface area contributed by atoms with Crippen molar-refractivity contribution in [2.45, 2.75) is 13.8 Å². The van der Waals surface area contributed by atoms with Crippen LogP contribution in [0, 0.1) is 93.9 Å². The van der Waals surface area contributed by atoms with E-state index in [-0.39, 0.29) is 66.0 Å². The molecular formula is C102H74FN8Ni4+. The van der Waals surface area contributed by atoms with Gasteiger partial charge in [0, 0.05) is 41.4 Å². The fraction of sp³-hybridized carbons (Fsp3) is 0.0392. The third kappa shape index (κ3) is 27.6. The van der Waals surface area contributed by atoms with E-state index in [9.17, 15) is 4.39 Å². The number of fused-ring (bicyclic) bond motifs is 3. The molecule has 0 aliphatic carbocycles. The Morgan fingerprint density at radius 2 is 0.652 bits per heavy atom. The molecule has 0 bridgehead atoms. The van der Waals surface area contributed by atoms with Crippen molar-refractivity contribution in [1.29, 1.82) is 0 Å². The minimum Gasteiger partial charge on any atom is -0.657 e. The van der Waals surface area contributed by atoms with Gasteiger partial charge in [-0.15, -0.1) is 124 Å². The predicted molar refractivity (Wildman–Crippen MR) is 450 cm³/mol. The van der Waals surface area contributed by atoms with Crippen molar-refractivity contribution in [1.82, 2.24) is 34.7 Å². The molecule has 1 aliphatic heterocycles. The second kappa shape index (κ2) is 48.3. The van der Waals surface area contributed by atoms with Gasteiger partial charge in [0.2, 0.25) is 5.95 Å². The molecule has 1 aliphatic rings. The van der Waals surface area contributed by atoms with E-state index in [0.29, 0.717) is 5.69 Å². The molecule has 0 saturated heterocycles. The molecule has 5 aromatic heterocycles. The van der Waals surface area contributed by atoms with Gasteiger partial charge in [0.05, 0.1) is 6.57 Å². The number of hydrogen-bond acceptors (Lipinski definition) is 6. The van der Waals surface area contributed by atoms with Gasteiger partial charge in [0.25, 0.3) is 0 Å². The van der Waals surface area contributed by atoms with Crippen LogP contribution in [0.15, 0.2) is 371 Å². The van der Waals surface area contributed by atoms with E-state index in [0.717, 1.165) is 117 Å². The second-order valence-corrected chi connectivity index (χ2v) is 24.7. The Morgan fingerprint density at radius 3 is 0.948 bits per heavy atom. The first kappa shape index (κ1) is 89.5. The van der Waals surface area contributed by atoms with E-state index >= 15 is 0 Å². The van der Waals surface area contributed by atoms with Gasteiger partial charge >= 0.3 is 66.0 Å². The summed E-state index contributed by atoms with van der Waals surface area (Å²) in [7, 11) is 4.00. The van der Waals surface area contributed by atoms with Gasteiger partial charge in [0.1, 0.15) is 0 Å². The average molecular weight is 1670 g/mol. The number of benzene rings is 12. The Labute approximate surface area is 716 Å². The van der Waals surface area contributed by atoms with Crippen LogP contribution in [0.1, 0.15) is 16.7 Å². The molecule has 0 spiro atoms. The van der Waals surface area contributed by atoms with Gasteiger partial charge in [-0.05, 0) is 86.5 Å². The SMILES string of the molecule is CN1C=CN(C)[CH-]1.Fc1cccc(-c2[c-]c(-c3[c-]cccc3)ccc2)n1.[C-]#Cc1ccccc1.[C-]#[N+]c1c(C)cccc1C.[Ni+3].[Ni+3].[Ni+3].[Ni+3].[c-]1ccccc1-c1[c-]c(-c2ccccn2)ccc1.[c-]1ccccc1-c1[c-]c(-c2ccccn2)ccc1.[c-]1ccccc1-c1[c-]c(-c2ccccn2)ccc1.c1ccc2c(c1)[n-]c1ccccc12. The van der Waals surface area contributed by atoms with Crippen LogP contribution < -0.4 is 4.98 Å². The monoisotopic (exact) mass is 1660 g/mol. The largest absolute Gasteiger partial charge is 3.00 e.